The Balaban J connectivity index is 1.21. The summed E-state index contributed by atoms with van der Waals surface area (Å²) in [7, 11) is 0. The second-order valence-electron chi connectivity index (χ2n) is 9.00. The summed E-state index contributed by atoms with van der Waals surface area (Å²) >= 11 is 0. The first-order chi connectivity index (χ1) is 16.1. The normalized spacial score (nSPS) is 18.8. The van der Waals surface area contributed by atoms with Crippen molar-refractivity contribution in [1.82, 2.24) is 20.1 Å². The average molecular weight is 449 g/mol. The number of hydrogen-bond acceptors (Lipinski definition) is 5. The molecule has 2 aliphatic heterocycles. The highest BCUT2D eigenvalue weighted by Gasteiger charge is 2.25. The molecule has 1 atom stereocenters. The van der Waals surface area contributed by atoms with E-state index in [9.17, 15) is 14.4 Å². The van der Waals surface area contributed by atoms with Crippen molar-refractivity contribution in [3.8, 4) is 0 Å². The maximum absolute atomic E-state index is 12.6. The smallest absolute Gasteiger partial charge is 0.255 e. The van der Waals surface area contributed by atoms with Crippen molar-refractivity contribution in [2.45, 2.75) is 51.1 Å². The van der Waals surface area contributed by atoms with Crippen molar-refractivity contribution >= 4 is 17.6 Å². The molecule has 1 aromatic heterocycles. The van der Waals surface area contributed by atoms with Gasteiger partial charge >= 0.3 is 0 Å². The largest absolute Gasteiger partial charge is 0.352 e. The molecule has 7 heteroatoms. The van der Waals surface area contributed by atoms with Gasteiger partial charge in [-0.3, -0.25) is 24.3 Å². The zero-order valence-corrected chi connectivity index (χ0v) is 19.0. The number of Topliss-reactive ketones (excluding diaryl/α,β-unsaturated/α-hetero) is 1. The summed E-state index contributed by atoms with van der Waals surface area (Å²) in [5.41, 5.74) is 2.43. The molecule has 7 nitrogen and oxygen atoms in total. The SMILES string of the molecule is O=C(CCC(=O)c1ccc(CN2CCCC2)cc1)NC1CCCN(C(=O)c2cccnc2)C1. The highest BCUT2D eigenvalue weighted by atomic mass is 16.2. The van der Waals surface area contributed by atoms with Crippen LogP contribution >= 0.6 is 0 Å². The minimum absolute atomic E-state index is 0.0186. The summed E-state index contributed by atoms with van der Waals surface area (Å²) in [6, 6.07) is 11.2. The first-order valence-electron chi connectivity index (χ1n) is 11.9. The van der Waals surface area contributed by atoms with Gasteiger partial charge in [0, 0.05) is 56.5 Å². The van der Waals surface area contributed by atoms with Crippen LogP contribution in [0, 0.1) is 0 Å². The van der Waals surface area contributed by atoms with E-state index in [1.165, 1.54) is 18.4 Å². The lowest BCUT2D eigenvalue weighted by molar-refractivity contribution is -0.122. The fraction of sp³-hybridized carbons (Fsp3) is 0.462. The predicted molar refractivity (Wildman–Crippen MR) is 126 cm³/mol. The number of benzene rings is 1. The minimum Gasteiger partial charge on any atom is -0.352 e. The van der Waals surface area contributed by atoms with Gasteiger partial charge in [-0.2, -0.15) is 0 Å². The van der Waals surface area contributed by atoms with Crippen LogP contribution in [0.5, 0.6) is 0 Å². The molecule has 3 heterocycles. The van der Waals surface area contributed by atoms with E-state index in [4.69, 9.17) is 0 Å². The molecule has 0 bridgehead atoms. The maximum atomic E-state index is 12.6. The molecule has 2 aliphatic rings. The molecule has 33 heavy (non-hydrogen) atoms. The van der Waals surface area contributed by atoms with Gasteiger partial charge < -0.3 is 10.2 Å². The number of rotatable bonds is 8. The Morgan fingerprint density at radius 3 is 2.45 bits per heavy atom. The Morgan fingerprint density at radius 2 is 1.73 bits per heavy atom. The minimum atomic E-state index is -0.144. The standard InChI is InChI=1S/C26H32N4O3/c31-24(21-9-7-20(8-10-21)18-29-14-1-2-15-29)11-12-25(32)28-23-6-4-16-30(19-23)26(33)22-5-3-13-27-17-22/h3,5,7-10,13,17,23H,1-2,4,6,11-12,14-16,18-19H2,(H,28,32). The van der Waals surface area contributed by atoms with Gasteiger partial charge in [0.25, 0.3) is 5.91 Å². The summed E-state index contributed by atoms with van der Waals surface area (Å²) in [6.45, 7) is 4.37. The number of nitrogens with zero attached hydrogens (tertiary/aromatic N) is 3. The van der Waals surface area contributed by atoms with Crippen LogP contribution < -0.4 is 5.32 Å². The monoisotopic (exact) mass is 448 g/mol. The number of carbonyl (C=O) groups excluding carboxylic acids is 3. The summed E-state index contributed by atoms with van der Waals surface area (Å²) in [4.78, 5) is 45.9. The van der Waals surface area contributed by atoms with Crippen LogP contribution in [0.2, 0.25) is 0 Å². The molecular formula is C26H32N4O3. The van der Waals surface area contributed by atoms with Crippen molar-refractivity contribution in [3.05, 3.63) is 65.5 Å². The lowest BCUT2D eigenvalue weighted by Gasteiger charge is -2.33. The molecular weight excluding hydrogens is 416 g/mol. The Morgan fingerprint density at radius 1 is 0.939 bits per heavy atom. The first kappa shape index (κ1) is 23.1. The van der Waals surface area contributed by atoms with Crippen LogP contribution in [0.4, 0.5) is 0 Å². The zero-order valence-electron chi connectivity index (χ0n) is 19.0. The number of likely N-dealkylation sites (tertiary alicyclic amines) is 2. The lowest BCUT2D eigenvalue weighted by Crippen LogP contribution is -2.49. The Kier molecular flexibility index (Phi) is 7.83. The molecule has 1 aromatic carbocycles. The number of amides is 2. The number of ketones is 1. The van der Waals surface area contributed by atoms with E-state index < -0.39 is 0 Å². The van der Waals surface area contributed by atoms with Crippen LogP contribution in [0.15, 0.2) is 48.8 Å². The molecule has 4 rings (SSSR count). The van der Waals surface area contributed by atoms with E-state index >= 15 is 0 Å². The van der Waals surface area contributed by atoms with Crippen molar-refractivity contribution in [1.29, 1.82) is 0 Å². The second-order valence-corrected chi connectivity index (χ2v) is 9.00. The third kappa shape index (κ3) is 6.48. The van der Waals surface area contributed by atoms with Crippen LogP contribution in [0.25, 0.3) is 0 Å². The van der Waals surface area contributed by atoms with Crippen molar-refractivity contribution in [3.63, 3.8) is 0 Å². The first-order valence-corrected chi connectivity index (χ1v) is 11.9. The molecule has 0 aliphatic carbocycles. The van der Waals surface area contributed by atoms with Crippen LogP contribution in [0.3, 0.4) is 0 Å². The van der Waals surface area contributed by atoms with Gasteiger partial charge in [0.2, 0.25) is 5.91 Å². The number of hydrogen-bond donors (Lipinski definition) is 1. The summed E-state index contributed by atoms with van der Waals surface area (Å²) in [6.07, 6.45) is 7.73. The van der Waals surface area contributed by atoms with E-state index in [-0.39, 0.29) is 36.5 Å². The van der Waals surface area contributed by atoms with Gasteiger partial charge in [-0.1, -0.05) is 24.3 Å². The summed E-state index contributed by atoms with van der Waals surface area (Å²) < 4.78 is 0. The second kappa shape index (κ2) is 11.2. The summed E-state index contributed by atoms with van der Waals surface area (Å²) in [5.74, 6) is -0.227. The fourth-order valence-electron chi connectivity index (χ4n) is 4.62. The van der Waals surface area contributed by atoms with E-state index in [2.05, 4.69) is 15.2 Å². The molecule has 1 N–H and O–H groups in total. The highest BCUT2D eigenvalue weighted by molar-refractivity contribution is 5.98. The molecule has 2 fully saturated rings. The molecule has 0 radical (unpaired) electrons. The number of pyridine rings is 1. The number of carbonyl (C=O) groups is 3. The van der Waals surface area contributed by atoms with Gasteiger partial charge in [-0.15, -0.1) is 0 Å². The molecule has 2 saturated heterocycles. The molecule has 2 aromatic rings. The number of nitrogens with one attached hydrogen (secondary N) is 1. The van der Waals surface area contributed by atoms with Gasteiger partial charge in [0.05, 0.1) is 5.56 Å². The van der Waals surface area contributed by atoms with Gasteiger partial charge in [-0.05, 0) is 56.5 Å². The number of aromatic nitrogens is 1. The lowest BCUT2D eigenvalue weighted by atomic mass is 10.0. The maximum Gasteiger partial charge on any atom is 0.255 e. The van der Waals surface area contributed by atoms with Crippen LogP contribution in [-0.2, 0) is 11.3 Å². The third-order valence-electron chi connectivity index (χ3n) is 6.44. The molecule has 1 unspecified atom stereocenters. The number of piperidine rings is 1. The fourth-order valence-corrected chi connectivity index (χ4v) is 4.62. The van der Waals surface area contributed by atoms with Crippen molar-refractivity contribution in [2.75, 3.05) is 26.2 Å². The van der Waals surface area contributed by atoms with Crippen LogP contribution in [-0.4, -0.2) is 64.6 Å². The molecule has 2 amide bonds. The van der Waals surface area contributed by atoms with E-state index in [1.807, 2.05) is 24.3 Å². The molecule has 0 saturated carbocycles. The van der Waals surface area contributed by atoms with E-state index in [0.29, 0.717) is 24.2 Å². The third-order valence-corrected chi connectivity index (χ3v) is 6.44. The van der Waals surface area contributed by atoms with Gasteiger partial charge in [0.15, 0.2) is 5.78 Å². The average Bonchev–Trinajstić information content (AvgIpc) is 3.36. The van der Waals surface area contributed by atoms with E-state index in [0.717, 1.165) is 32.5 Å². The topological polar surface area (TPSA) is 82.6 Å². The zero-order chi connectivity index (χ0) is 23.0. The Bertz CT molecular complexity index is 955. The van der Waals surface area contributed by atoms with Crippen LogP contribution in [0.1, 0.15) is 64.8 Å². The van der Waals surface area contributed by atoms with Crippen molar-refractivity contribution < 1.29 is 14.4 Å². The van der Waals surface area contributed by atoms with Gasteiger partial charge in [0.1, 0.15) is 0 Å². The molecule has 0 spiro atoms. The Hall–Kier alpha value is -3.06. The summed E-state index contributed by atoms with van der Waals surface area (Å²) in [5, 5.41) is 3.01. The Labute approximate surface area is 195 Å². The van der Waals surface area contributed by atoms with Gasteiger partial charge in [-0.25, -0.2) is 0 Å². The predicted octanol–water partition coefficient (Wildman–Crippen LogP) is 3.06. The van der Waals surface area contributed by atoms with Crippen molar-refractivity contribution in [2.24, 2.45) is 0 Å². The van der Waals surface area contributed by atoms with E-state index in [1.54, 1.807) is 29.4 Å². The molecule has 174 valence electrons. The quantitative estimate of drug-likeness (QED) is 0.628. The highest BCUT2D eigenvalue weighted by Crippen LogP contribution is 2.16.